The third-order valence-electron chi connectivity index (χ3n) is 2.50. The molecule has 100 valence electrons. The van der Waals surface area contributed by atoms with Gasteiger partial charge in [-0.3, -0.25) is 4.79 Å². The lowest BCUT2D eigenvalue weighted by Gasteiger charge is -2.15. The largest absolute Gasteiger partial charge is 0.419 e. The SMILES string of the molecule is NC(=O)c1nc2ccc(Cl)cc2c(C(F)(F)F)c1N. The first-order valence-corrected chi connectivity index (χ1v) is 5.35. The number of fused-ring (bicyclic) bond motifs is 1. The van der Waals surface area contributed by atoms with Crippen molar-refractivity contribution >= 4 is 34.1 Å². The Morgan fingerprint density at radius 3 is 2.47 bits per heavy atom. The summed E-state index contributed by atoms with van der Waals surface area (Å²) >= 11 is 5.67. The van der Waals surface area contributed by atoms with Crippen LogP contribution in [0.25, 0.3) is 10.9 Å². The number of hydrogen-bond donors (Lipinski definition) is 2. The Morgan fingerprint density at radius 2 is 1.95 bits per heavy atom. The average molecular weight is 290 g/mol. The molecule has 0 radical (unpaired) electrons. The molecule has 0 bridgehead atoms. The number of nitrogens with zero attached hydrogens (tertiary/aromatic N) is 1. The molecule has 1 amide bonds. The van der Waals surface area contributed by atoms with Gasteiger partial charge in [0.15, 0.2) is 5.69 Å². The highest BCUT2D eigenvalue weighted by Crippen LogP contribution is 2.40. The van der Waals surface area contributed by atoms with E-state index in [1.54, 1.807) is 0 Å². The van der Waals surface area contributed by atoms with Crippen LogP contribution in [0.1, 0.15) is 16.1 Å². The Bertz CT molecular complexity index is 685. The van der Waals surface area contributed by atoms with Gasteiger partial charge in [-0.05, 0) is 18.2 Å². The van der Waals surface area contributed by atoms with Crippen LogP contribution in [0.4, 0.5) is 18.9 Å². The molecule has 0 saturated carbocycles. The molecule has 0 aliphatic heterocycles. The maximum absolute atomic E-state index is 13.1. The molecule has 0 saturated heterocycles. The van der Waals surface area contributed by atoms with E-state index in [0.29, 0.717) is 0 Å². The number of nitrogens with two attached hydrogens (primary N) is 2. The van der Waals surface area contributed by atoms with E-state index in [2.05, 4.69) is 4.98 Å². The zero-order chi connectivity index (χ0) is 14.4. The summed E-state index contributed by atoms with van der Waals surface area (Å²) in [5, 5.41) is -0.173. The number of pyridine rings is 1. The number of aromatic nitrogens is 1. The molecule has 19 heavy (non-hydrogen) atoms. The number of benzene rings is 1. The van der Waals surface area contributed by atoms with E-state index in [1.165, 1.54) is 12.1 Å². The third-order valence-corrected chi connectivity index (χ3v) is 2.74. The molecule has 0 atom stereocenters. The lowest BCUT2D eigenvalue weighted by molar-refractivity contribution is -0.135. The van der Waals surface area contributed by atoms with E-state index in [0.717, 1.165) is 6.07 Å². The molecule has 0 fully saturated rings. The van der Waals surface area contributed by atoms with Gasteiger partial charge >= 0.3 is 6.18 Å². The fourth-order valence-electron chi connectivity index (χ4n) is 1.74. The van der Waals surface area contributed by atoms with Gasteiger partial charge in [-0.1, -0.05) is 11.6 Å². The number of halogens is 4. The summed E-state index contributed by atoms with van der Waals surface area (Å²) in [6, 6.07) is 3.71. The Morgan fingerprint density at radius 1 is 1.32 bits per heavy atom. The van der Waals surface area contributed by atoms with Crippen molar-refractivity contribution in [2.45, 2.75) is 6.18 Å². The summed E-state index contributed by atoms with van der Waals surface area (Å²) in [6.45, 7) is 0. The van der Waals surface area contributed by atoms with Gasteiger partial charge in [0.25, 0.3) is 5.91 Å². The predicted octanol–water partition coefficient (Wildman–Crippen LogP) is 2.59. The Kier molecular flexibility index (Phi) is 3.01. The van der Waals surface area contributed by atoms with Crippen LogP contribution in [0.15, 0.2) is 18.2 Å². The highest BCUT2D eigenvalue weighted by molar-refractivity contribution is 6.31. The summed E-state index contributed by atoms with van der Waals surface area (Å²) in [7, 11) is 0. The van der Waals surface area contributed by atoms with Crippen LogP contribution >= 0.6 is 11.6 Å². The lowest BCUT2D eigenvalue weighted by Crippen LogP contribution is -2.20. The number of alkyl halides is 3. The van der Waals surface area contributed by atoms with Crippen molar-refractivity contribution in [3.05, 3.63) is 34.5 Å². The second-order valence-electron chi connectivity index (χ2n) is 3.77. The Labute approximate surface area is 110 Å². The highest BCUT2D eigenvalue weighted by atomic mass is 35.5. The first kappa shape index (κ1) is 13.4. The lowest BCUT2D eigenvalue weighted by atomic mass is 10.0. The zero-order valence-corrected chi connectivity index (χ0v) is 10.0. The second kappa shape index (κ2) is 4.27. The maximum Gasteiger partial charge on any atom is 0.419 e. The van der Waals surface area contributed by atoms with Crippen LogP contribution in [-0.2, 0) is 6.18 Å². The molecule has 4 nitrogen and oxygen atoms in total. The summed E-state index contributed by atoms with van der Waals surface area (Å²) in [5.74, 6) is -1.13. The quantitative estimate of drug-likeness (QED) is 0.846. The monoisotopic (exact) mass is 289 g/mol. The number of primary amides is 1. The number of carbonyl (C=O) groups is 1. The molecule has 0 unspecified atom stereocenters. The van der Waals surface area contributed by atoms with Gasteiger partial charge in [0.1, 0.15) is 0 Å². The van der Waals surface area contributed by atoms with E-state index in [-0.39, 0.29) is 15.9 Å². The molecular formula is C11H7ClF3N3O. The van der Waals surface area contributed by atoms with Crippen molar-refractivity contribution in [3.8, 4) is 0 Å². The molecule has 8 heteroatoms. The van der Waals surface area contributed by atoms with Crippen molar-refractivity contribution in [3.63, 3.8) is 0 Å². The summed E-state index contributed by atoms with van der Waals surface area (Å²) < 4.78 is 39.2. The Hall–Kier alpha value is -2.02. The minimum atomic E-state index is -4.75. The number of carbonyl (C=O) groups excluding carboxylic acids is 1. The topological polar surface area (TPSA) is 82.0 Å². The molecule has 1 aromatic carbocycles. The molecule has 1 heterocycles. The van der Waals surface area contributed by atoms with E-state index >= 15 is 0 Å². The van der Waals surface area contributed by atoms with Gasteiger partial charge in [-0.25, -0.2) is 4.98 Å². The van der Waals surface area contributed by atoms with Crippen molar-refractivity contribution in [2.75, 3.05) is 5.73 Å². The fraction of sp³-hybridized carbons (Fsp3) is 0.0909. The molecule has 1 aromatic heterocycles. The van der Waals surface area contributed by atoms with Crippen LogP contribution in [0.5, 0.6) is 0 Å². The second-order valence-corrected chi connectivity index (χ2v) is 4.21. The minimum absolute atomic E-state index is 0.0558. The molecule has 0 spiro atoms. The first-order valence-electron chi connectivity index (χ1n) is 4.97. The normalized spacial score (nSPS) is 11.8. The van der Waals surface area contributed by atoms with Gasteiger partial charge in [-0.2, -0.15) is 13.2 Å². The smallest absolute Gasteiger partial charge is 0.396 e. The van der Waals surface area contributed by atoms with Gasteiger partial charge in [-0.15, -0.1) is 0 Å². The maximum atomic E-state index is 13.1. The van der Waals surface area contributed by atoms with Crippen molar-refractivity contribution in [1.29, 1.82) is 0 Å². The zero-order valence-electron chi connectivity index (χ0n) is 9.25. The molecule has 0 aliphatic carbocycles. The first-order chi connectivity index (χ1) is 8.71. The third kappa shape index (κ3) is 2.28. The summed E-state index contributed by atoms with van der Waals surface area (Å²) in [4.78, 5) is 14.8. The Balaban J connectivity index is 2.98. The van der Waals surface area contributed by atoms with Gasteiger partial charge < -0.3 is 11.5 Å². The average Bonchev–Trinajstić information content (AvgIpc) is 2.25. The van der Waals surface area contributed by atoms with E-state index < -0.39 is 29.0 Å². The van der Waals surface area contributed by atoms with Gasteiger partial charge in [0.05, 0.1) is 16.8 Å². The van der Waals surface area contributed by atoms with Crippen LogP contribution in [0.2, 0.25) is 5.02 Å². The molecule has 0 aliphatic rings. The number of amides is 1. The molecule has 2 aromatic rings. The van der Waals surface area contributed by atoms with E-state index in [9.17, 15) is 18.0 Å². The molecule has 2 rings (SSSR count). The number of nitrogen functional groups attached to an aromatic ring is 1. The van der Waals surface area contributed by atoms with Crippen molar-refractivity contribution in [2.24, 2.45) is 5.73 Å². The van der Waals surface area contributed by atoms with E-state index in [4.69, 9.17) is 23.1 Å². The molecule has 4 N–H and O–H groups in total. The minimum Gasteiger partial charge on any atom is -0.396 e. The van der Waals surface area contributed by atoms with Gasteiger partial charge in [0, 0.05) is 10.4 Å². The number of anilines is 1. The number of rotatable bonds is 1. The summed E-state index contributed by atoms with van der Waals surface area (Å²) in [5.41, 5.74) is 7.71. The van der Waals surface area contributed by atoms with Gasteiger partial charge in [0.2, 0.25) is 0 Å². The van der Waals surface area contributed by atoms with Crippen molar-refractivity contribution in [1.82, 2.24) is 4.98 Å². The highest BCUT2D eigenvalue weighted by Gasteiger charge is 2.37. The van der Waals surface area contributed by atoms with Crippen LogP contribution < -0.4 is 11.5 Å². The predicted molar refractivity (Wildman–Crippen MR) is 64.7 cm³/mol. The van der Waals surface area contributed by atoms with Crippen LogP contribution in [-0.4, -0.2) is 10.9 Å². The van der Waals surface area contributed by atoms with Crippen molar-refractivity contribution < 1.29 is 18.0 Å². The number of hydrogen-bond acceptors (Lipinski definition) is 3. The fourth-order valence-corrected chi connectivity index (χ4v) is 1.92. The van der Waals surface area contributed by atoms with Crippen LogP contribution in [0, 0.1) is 0 Å². The van der Waals surface area contributed by atoms with Crippen LogP contribution in [0.3, 0.4) is 0 Å². The standard InChI is InChI=1S/C11H7ClF3N3O/c12-4-1-2-6-5(3-4)7(11(13,14)15)8(16)9(18-6)10(17)19/h1-3H,16H2,(H2,17,19). The van der Waals surface area contributed by atoms with E-state index in [1.807, 2.05) is 0 Å². The summed E-state index contributed by atoms with van der Waals surface area (Å²) in [6.07, 6.45) is -4.75. The molecular weight excluding hydrogens is 283 g/mol.